The average molecular weight is 356 g/mol. The molecule has 0 bridgehead atoms. The Hall–Kier alpha value is -2.41. The standard InChI is InChI=1S/C18H16N2O4S/c21-16(10-3-4-10)20(17(22)11-5-6-11)15-14(25)8-13(24-18(15)23)12-2-1-7-19-9-12/h1-2,7-11,25H,3-6H2. The van der Waals surface area contributed by atoms with Gasteiger partial charge in [0, 0.05) is 34.7 Å². The molecule has 4 rings (SSSR count). The van der Waals surface area contributed by atoms with Crippen molar-refractivity contribution in [1.29, 1.82) is 0 Å². The lowest BCUT2D eigenvalue weighted by molar-refractivity contribution is -0.128. The summed E-state index contributed by atoms with van der Waals surface area (Å²) in [5.74, 6) is -0.729. The lowest BCUT2D eigenvalue weighted by atomic mass is 10.2. The molecule has 2 saturated carbocycles. The molecule has 2 aromatic heterocycles. The molecule has 6 nitrogen and oxygen atoms in total. The van der Waals surface area contributed by atoms with Gasteiger partial charge in [0.1, 0.15) is 5.76 Å². The van der Waals surface area contributed by atoms with Crippen LogP contribution < -0.4 is 10.5 Å². The molecule has 128 valence electrons. The van der Waals surface area contributed by atoms with Crippen molar-refractivity contribution >= 4 is 30.1 Å². The zero-order valence-electron chi connectivity index (χ0n) is 13.3. The van der Waals surface area contributed by atoms with Gasteiger partial charge in [0.2, 0.25) is 11.8 Å². The Morgan fingerprint density at radius 2 is 1.80 bits per heavy atom. The normalized spacial score (nSPS) is 16.5. The SMILES string of the molecule is O=C(C1CC1)N(C(=O)C1CC1)c1c(S)cc(-c2cccnc2)oc1=O. The van der Waals surface area contributed by atoms with Crippen molar-refractivity contribution in [1.82, 2.24) is 4.98 Å². The molecule has 2 aliphatic carbocycles. The van der Waals surface area contributed by atoms with E-state index in [1.165, 1.54) is 0 Å². The predicted octanol–water partition coefficient (Wildman–Crippen LogP) is 2.67. The maximum Gasteiger partial charge on any atom is 0.362 e. The number of hydrogen-bond donors (Lipinski definition) is 1. The number of amides is 2. The second-order valence-electron chi connectivity index (χ2n) is 6.43. The first-order valence-electron chi connectivity index (χ1n) is 8.21. The number of thiol groups is 1. The van der Waals surface area contributed by atoms with E-state index in [1.54, 1.807) is 30.6 Å². The summed E-state index contributed by atoms with van der Waals surface area (Å²) in [6, 6.07) is 5.02. The molecule has 7 heteroatoms. The largest absolute Gasteiger partial charge is 0.421 e. The molecule has 2 aromatic rings. The van der Waals surface area contributed by atoms with Crippen LogP contribution in [0.1, 0.15) is 25.7 Å². The molecule has 0 N–H and O–H groups in total. The lowest BCUT2D eigenvalue weighted by Gasteiger charge is -2.21. The summed E-state index contributed by atoms with van der Waals surface area (Å²) in [5, 5.41) is 0. The third-order valence-corrected chi connectivity index (χ3v) is 4.71. The van der Waals surface area contributed by atoms with E-state index in [9.17, 15) is 14.4 Å². The first-order valence-corrected chi connectivity index (χ1v) is 8.66. The van der Waals surface area contributed by atoms with E-state index in [2.05, 4.69) is 17.6 Å². The van der Waals surface area contributed by atoms with Crippen LogP contribution in [0.25, 0.3) is 11.3 Å². The molecule has 2 heterocycles. The number of imide groups is 1. The Morgan fingerprint density at radius 3 is 2.28 bits per heavy atom. The van der Waals surface area contributed by atoms with Gasteiger partial charge in [-0.15, -0.1) is 12.6 Å². The number of hydrogen-bond acceptors (Lipinski definition) is 6. The minimum absolute atomic E-state index is 0.0789. The van der Waals surface area contributed by atoms with Gasteiger partial charge in [0.15, 0.2) is 5.69 Å². The van der Waals surface area contributed by atoms with Crippen molar-refractivity contribution in [2.24, 2.45) is 11.8 Å². The van der Waals surface area contributed by atoms with Gasteiger partial charge in [-0.1, -0.05) is 0 Å². The summed E-state index contributed by atoms with van der Waals surface area (Å²) < 4.78 is 5.37. The van der Waals surface area contributed by atoms with Crippen LogP contribution in [-0.2, 0) is 9.59 Å². The highest BCUT2D eigenvalue weighted by atomic mass is 32.1. The number of carbonyl (C=O) groups excluding carboxylic acids is 2. The summed E-state index contributed by atoms with van der Waals surface area (Å²) in [5.41, 5.74) is -0.200. The number of carbonyl (C=O) groups is 2. The molecule has 0 spiro atoms. The fourth-order valence-corrected chi connectivity index (χ4v) is 2.99. The third-order valence-electron chi connectivity index (χ3n) is 4.37. The fourth-order valence-electron chi connectivity index (χ4n) is 2.69. The molecule has 0 radical (unpaired) electrons. The first kappa shape index (κ1) is 16.1. The van der Waals surface area contributed by atoms with Crippen LogP contribution in [0.5, 0.6) is 0 Å². The van der Waals surface area contributed by atoms with Gasteiger partial charge in [-0.05, 0) is 43.9 Å². The minimum atomic E-state index is -0.741. The summed E-state index contributed by atoms with van der Waals surface area (Å²) >= 11 is 4.37. The highest BCUT2D eigenvalue weighted by Gasteiger charge is 2.43. The van der Waals surface area contributed by atoms with Crippen molar-refractivity contribution in [3.05, 3.63) is 41.0 Å². The smallest absolute Gasteiger partial charge is 0.362 e. The lowest BCUT2D eigenvalue weighted by Crippen LogP contribution is -2.42. The summed E-state index contributed by atoms with van der Waals surface area (Å²) in [4.78, 5) is 43.1. The van der Waals surface area contributed by atoms with Crippen LogP contribution in [-0.4, -0.2) is 16.8 Å². The van der Waals surface area contributed by atoms with Gasteiger partial charge in [-0.3, -0.25) is 14.6 Å². The van der Waals surface area contributed by atoms with E-state index in [4.69, 9.17) is 4.42 Å². The zero-order chi connectivity index (χ0) is 17.6. The van der Waals surface area contributed by atoms with Gasteiger partial charge >= 0.3 is 5.63 Å². The van der Waals surface area contributed by atoms with Crippen molar-refractivity contribution in [2.45, 2.75) is 30.6 Å². The molecule has 2 amide bonds. The average Bonchev–Trinajstić information content (AvgIpc) is 3.50. The highest BCUT2D eigenvalue weighted by Crippen LogP contribution is 2.38. The first-order chi connectivity index (χ1) is 12.1. The van der Waals surface area contributed by atoms with E-state index in [0.29, 0.717) is 11.3 Å². The van der Waals surface area contributed by atoms with Gasteiger partial charge in [-0.25, -0.2) is 9.69 Å². The van der Waals surface area contributed by atoms with Crippen LogP contribution in [0.2, 0.25) is 0 Å². The Balaban J connectivity index is 1.78. The fraction of sp³-hybridized carbons (Fsp3) is 0.333. The topological polar surface area (TPSA) is 80.5 Å². The zero-order valence-corrected chi connectivity index (χ0v) is 14.2. The summed E-state index contributed by atoms with van der Waals surface area (Å²) in [6.07, 6.45) is 6.15. The second kappa shape index (κ2) is 6.15. The van der Waals surface area contributed by atoms with Crippen LogP contribution in [0.3, 0.4) is 0 Å². The molecule has 2 fully saturated rings. The number of rotatable bonds is 4. The van der Waals surface area contributed by atoms with E-state index in [1.807, 2.05) is 0 Å². The molecular formula is C18H16N2O4S. The third kappa shape index (κ3) is 3.11. The van der Waals surface area contributed by atoms with Crippen LogP contribution in [0, 0.1) is 11.8 Å². The molecule has 0 saturated heterocycles. The summed E-state index contributed by atoms with van der Waals surface area (Å²) in [7, 11) is 0. The van der Waals surface area contributed by atoms with Crippen LogP contribution in [0.4, 0.5) is 5.69 Å². The summed E-state index contributed by atoms with van der Waals surface area (Å²) in [6.45, 7) is 0. The van der Waals surface area contributed by atoms with Crippen molar-refractivity contribution in [2.75, 3.05) is 4.90 Å². The predicted molar refractivity (Wildman–Crippen MR) is 93.4 cm³/mol. The minimum Gasteiger partial charge on any atom is -0.421 e. The Morgan fingerprint density at radius 1 is 1.16 bits per heavy atom. The number of anilines is 1. The van der Waals surface area contributed by atoms with Crippen LogP contribution in [0.15, 0.2) is 44.7 Å². The number of aromatic nitrogens is 1. The van der Waals surface area contributed by atoms with E-state index in [0.717, 1.165) is 30.6 Å². The second-order valence-corrected chi connectivity index (χ2v) is 6.92. The van der Waals surface area contributed by atoms with Gasteiger partial charge in [0.25, 0.3) is 0 Å². The van der Waals surface area contributed by atoms with Crippen molar-refractivity contribution in [3.8, 4) is 11.3 Å². The van der Waals surface area contributed by atoms with E-state index < -0.39 is 5.63 Å². The monoisotopic (exact) mass is 356 g/mol. The maximum atomic E-state index is 12.6. The number of pyridine rings is 1. The Kier molecular flexibility index (Phi) is 3.95. The molecule has 2 aliphatic rings. The maximum absolute atomic E-state index is 12.6. The molecule has 0 unspecified atom stereocenters. The Labute approximate surface area is 149 Å². The van der Waals surface area contributed by atoms with Gasteiger partial charge in [0.05, 0.1) is 0 Å². The number of nitrogens with zero attached hydrogens (tertiary/aromatic N) is 2. The molecule has 0 atom stereocenters. The van der Waals surface area contributed by atoms with Gasteiger partial charge < -0.3 is 4.42 Å². The quantitative estimate of drug-likeness (QED) is 0.673. The Bertz CT molecular complexity index is 877. The van der Waals surface area contributed by atoms with E-state index in [-0.39, 0.29) is 34.2 Å². The van der Waals surface area contributed by atoms with Crippen molar-refractivity contribution in [3.63, 3.8) is 0 Å². The molecular weight excluding hydrogens is 340 g/mol. The van der Waals surface area contributed by atoms with Crippen molar-refractivity contribution < 1.29 is 14.0 Å². The molecule has 25 heavy (non-hydrogen) atoms. The van der Waals surface area contributed by atoms with Crippen LogP contribution >= 0.6 is 12.6 Å². The van der Waals surface area contributed by atoms with E-state index >= 15 is 0 Å². The molecule has 0 aromatic carbocycles. The highest BCUT2D eigenvalue weighted by molar-refractivity contribution is 7.80. The molecule has 0 aliphatic heterocycles. The van der Waals surface area contributed by atoms with Gasteiger partial charge in [-0.2, -0.15) is 0 Å².